The van der Waals surface area contributed by atoms with Gasteiger partial charge in [-0.1, -0.05) is 30.3 Å². The number of ether oxygens (including phenoxy) is 5. The van der Waals surface area contributed by atoms with Gasteiger partial charge in [0.1, 0.15) is 5.41 Å². The first-order valence-corrected chi connectivity index (χ1v) is 9.62. The van der Waals surface area contributed by atoms with Gasteiger partial charge < -0.3 is 23.7 Å². The van der Waals surface area contributed by atoms with Crippen molar-refractivity contribution < 1.29 is 38.1 Å². The molecule has 1 saturated heterocycles. The minimum absolute atomic E-state index is 0.0181. The Morgan fingerprint density at radius 2 is 1.35 bits per heavy atom. The third kappa shape index (κ3) is 3.39. The number of carbonyl (C=O) groups is 3. The van der Waals surface area contributed by atoms with Crippen LogP contribution in [0.1, 0.15) is 19.4 Å². The highest BCUT2D eigenvalue weighted by atomic mass is 16.7. The third-order valence-corrected chi connectivity index (χ3v) is 5.52. The molecule has 3 rings (SSSR count). The number of hydrogen-bond acceptors (Lipinski definition) is 8. The van der Waals surface area contributed by atoms with E-state index in [9.17, 15) is 14.4 Å². The standard InChI is InChI=1S/C22H25NO8/c1-13-16(18(24)27-3)22(20-30-11-12-31-20,15-9-7-6-8-10-15)17(19(25)28-4)14(2)23(13)21(26)29-5/h6-10,20H,11-12H2,1-5H3. The van der Waals surface area contributed by atoms with Gasteiger partial charge in [-0.25, -0.2) is 14.4 Å². The summed E-state index contributed by atoms with van der Waals surface area (Å²) in [7, 11) is 3.65. The molecule has 1 aromatic rings. The van der Waals surface area contributed by atoms with Gasteiger partial charge in [0.05, 0.1) is 45.7 Å². The highest BCUT2D eigenvalue weighted by molar-refractivity contribution is 6.03. The van der Waals surface area contributed by atoms with Crippen LogP contribution >= 0.6 is 0 Å². The Morgan fingerprint density at radius 1 is 0.871 bits per heavy atom. The monoisotopic (exact) mass is 431 g/mol. The molecule has 1 aromatic carbocycles. The molecule has 0 bridgehead atoms. The quantitative estimate of drug-likeness (QED) is 0.529. The Balaban J connectivity index is 2.51. The van der Waals surface area contributed by atoms with Gasteiger partial charge in [-0.2, -0.15) is 0 Å². The molecule has 2 heterocycles. The number of hydrogen-bond donors (Lipinski definition) is 0. The fourth-order valence-corrected chi connectivity index (χ4v) is 4.33. The zero-order chi connectivity index (χ0) is 22.8. The van der Waals surface area contributed by atoms with Crippen LogP contribution in [0.15, 0.2) is 52.9 Å². The lowest BCUT2D eigenvalue weighted by Gasteiger charge is -2.46. The summed E-state index contributed by atoms with van der Waals surface area (Å²) in [5.74, 6) is -1.49. The van der Waals surface area contributed by atoms with Crippen LogP contribution in [0.3, 0.4) is 0 Å². The zero-order valence-corrected chi connectivity index (χ0v) is 18.1. The molecule has 1 fully saturated rings. The fourth-order valence-electron chi connectivity index (χ4n) is 4.33. The normalized spacial score (nSPS) is 18.8. The summed E-state index contributed by atoms with van der Waals surface area (Å²) >= 11 is 0. The van der Waals surface area contributed by atoms with Crippen molar-refractivity contribution in [3.8, 4) is 0 Å². The van der Waals surface area contributed by atoms with E-state index >= 15 is 0 Å². The molecule has 9 nitrogen and oxygen atoms in total. The van der Waals surface area contributed by atoms with Crippen LogP contribution in [0.4, 0.5) is 4.79 Å². The van der Waals surface area contributed by atoms with Gasteiger partial charge in [0.15, 0.2) is 6.29 Å². The molecule has 0 unspecified atom stereocenters. The Hall–Kier alpha value is -3.17. The molecule has 31 heavy (non-hydrogen) atoms. The van der Waals surface area contributed by atoms with Crippen LogP contribution in [0.5, 0.6) is 0 Å². The van der Waals surface area contributed by atoms with Gasteiger partial charge in [0, 0.05) is 11.4 Å². The van der Waals surface area contributed by atoms with E-state index < -0.39 is 29.7 Å². The van der Waals surface area contributed by atoms with Crippen molar-refractivity contribution in [1.82, 2.24) is 4.90 Å². The third-order valence-electron chi connectivity index (χ3n) is 5.52. The van der Waals surface area contributed by atoms with E-state index in [2.05, 4.69) is 0 Å². The van der Waals surface area contributed by atoms with Gasteiger partial charge in [-0.15, -0.1) is 0 Å². The van der Waals surface area contributed by atoms with E-state index in [0.717, 1.165) is 4.90 Å². The van der Waals surface area contributed by atoms with Crippen molar-refractivity contribution >= 4 is 18.0 Å². The zero-order valence-electron chi connectivity index (χ0n) is 18.1. The van der Waals surface area contributed by atoms with Crippen molar-refractivity contribution in [2.24, 2.45) is 0 Å². The summed E-state index contributed by atoms with van der Waals surface area (Å²) in [4.78, 5) is 40.2. The molecular weight excluding hydrogens is 406 g/mol. The number of benzene rings is 1. The molecule has 0 atom stereocenters. The molecule has 0 aromatic heterocycles. The van der Waals surface area contributed by atoms with Crippen molar-refractivity contribution in [3.05, 3.63) is 58.4 Å². The van der Waals surface area contributed by atoms with E-state index in [0.29, 0.717) is 5.56 Å². The minimum Gasteiger partial charge on any atom is -0.466 e. The molecule has 0 aliphatic carbocycles. The number of amides is 1. The second-order valence-electron chi connectivity index (χ2n) is 6.96. The molecule has 0 radical (unpaired) electrons. The maximum atomic E-state index is 13.2. The van der Waals surface area contributed by atoms with E-state index in [4.69, 9.17) is 23.7 Å². The fraction of sp³-hybridized carbons (Fsp3) is 0.409. The van der Waals surface area contributed by atoms with Crippen molar-refractivity contribution in [1.29, 1.82) is 0 Å². The second kappa shape index (κ2) is 8.91. The summed E-state index contributed by atoms with van der Waals surface area (Å²) in [5.41, 5.74) is -0.505. The van der Waals surface area contributed by atoms with Gasteiger partial charge in [-0.3, -0.25) is 4.90 Å². The predicted octanol–water partition coefficient (Wildman–Crippen LogP) is 2.27. The number of methoxy groups -OCH3 is 3. The number of esters is 2. The van der Waals surface area contributed by atoms with Crippen LogP contribution in [-0.4, -0.2) is 63.8 Å². The molecule has 166 valence electrons. The first-order chi connectivity index (χ1) is 14.9. The maximum absolute atomic E-state index is 13.2. The van der Waals surface area contributed by atoms with E-state index in [-0.39, 0.29) is 35.8 Å². The van der Waals surface area contributed by atoms with Gasteiger partial charge in [0.2, 0.25) is 0 Å². The summed E-state index contributed by atoms with van der Waals surface area (Å²) in [6, 6.07) is 8.86. The smallest absolute Gasteiger partial charge is 0.418 e. The highest BCUT2D eigenvalue weighted by Gasteiger charge is 2.60. The average Bonchev–Trinajstić information content (AvgIpc) is 3.33. The minimum atomic E-state index is -1.55. The molecule has 0 N–H and O–H groups in total. The highest BCUT2D eigenvalue weighted by Crippen LogP contribution is 2.52. The Kier molecular flexibility index (Phi) is 6.47. The molecule has 1 amide bonds. The summed E-state index contributed by atoms with van der Waals surface area (Å²) in [6.07, 6.45) is -1.81. The van der Waals surface area contributed by atoms with Crippen molar-refractivity contribution in [3.63, 3.8) is 0 Å². The van der Waals surface area contributed by atoms with E-state index in [1.807, 2.05) is 0 Å². The van der Waals surface area contributed by atoms with Gasteiger partial charge >= 0.3 is 18.0 Å². The predicted molar refractivity (Wildman–Crippen MR) is 107 cm³/mol. The van der Waals surface area contributed by atoms with Crippen molar-refractivity contribution in [2.75, 3.05) is 34.5 Å². The van der Waals surface area contributed by atoms with Crippen LogP contribution in [-0.2, 0) is 38.7 Å². The van der Waals surface area contributed by atoms with Gasteiger partial charge in [-0.05, 0) is 19.4 Å². The summed E-state index contributed by atoms with van der Waals surface area (Å²) < 4.78 is 26.8. The topological polar surface area (TPSA) is 101 Å². The number of rotatable bonds is 4. The molecule has 2 aliphatic rings. The Bertz CT molecular complexity index is 904. The number of carbonyl (C=O) groups excluding carboxylic acids is 3. The van der Waals surface area contributed by atoms with Crippen LogP contribution in [0, 0.1) is 0 Å². The lowest BCUT2D eigenvalue weighted by molar-refractivity contribution is -0.144. The lowest BCUT2D eigenvalue weighted by atomic mass is 9.64. The Labute approximate surface area is 180 Å². The molecule has 0 saturated carbocycles. The number of nitrogens with zero attached hydrogens (tertiary/aromatic N) is 1. The molecule has 0 spiro atoms. The van der Waals surface area contributed by atoms with Crippen LogP contribution < -0.4 is 0 Å². The summed E-state index contributed by atoms with van der Waals surface area (Å²) in [5, 5.41) is 0. The first kappa shape index (κ1) is 22.5. The van der Waals surface area contributed by atoms with E-state index in [1.165, 1.54) is 21.3 Å². The first-order valence-electron chi connectivity index (χ1n) is 9.62. The average molecular weight is 431 g/mol. The van der Waals surface area contributed by atoms with E-state index in [1.54, 1.807) is 44.2 Å². The summed E-state index contributed by atoms with van der Waals surface area (Å²) in [6.45, 7) is 3.68. The van der Waals surface area contributed by atoms with Crippen molar-refractivity contribution in [2.45, 2.75) is 25.6 Å². The second-order valence-corrected chi connectivity index (χ2v) is 6.96. The largest absolute Gasteiger partial charge is 0.466 e. The Morgan fingerprint density at radius 3 is 1.77 bits per heavy atom. The lowest BCUT2D eigenvalue weighted by Crippen LogP contribution is -2.54. The maximum Gasteiger partial charge on any atom is 0.418 e. The van der Waals surface area contributed by atoms with Crippen LogP contribution in [0.2, 0.25) is 0 Å². The van der Waals surface area contributed by atoms with Gasteiger partial charge in [0.25, 0.3) is 0 Å². The molecule has 9 heteroatoms. The number of allylic oxidation sites excluding steroid dienone is 2. The SMILES string of the molecule is COC(=O)C1=C(C)N(C(=O)OC)C(C)=C(C(=O)OC)C1(c1ccccc1)C1OCCO1. The van der Waals surface area contributed by atoms with Crippen LogP contribution in [0.25, 0.3) is 0 Å². The molecule has 2 aliphatic heterocycles. The molecular formula is C22H25NO8.